The van der Waals surface area contributed by atoms with Gasteiger partial charge < -0.3 is 29.7 Å². The number of para-hydroxylation sites is 1. The largest absolute Gasteiger partial charge is 0.714 e. The fourth-order valence-electron chi connectivity index (χ4n) is 3.19. The highest BCUT2D eigenvalue weighted by molar-refractivity contribution is 8.14. The first-order chi connectivity index (χ1) is 15.3. The van der Waals surface area contributed by atoms with Gasteiger partial charge in [0.05, 0.1) is 12.1 Å². The van der Waals surface area contributed by atoms with Crippen molar-refractivity contribution in [3.05, 3.63) is 36.0 Å². The third kappa shape index (κ3) is 6.01. The van der Waals surface area contributed by atoms with Gasteiger partial charge in [0.2, 0.25) is 0 Å². The first-order valence-electron chi connectivity index (χ1n) is 9.07. The molecule has 17 heteroatoms. The summed E-state index contributed by atoms with van der Waals surface area (Å²) in [4.78, 5) is 0. The monoisotopic (exact) mass is 527 g/mol. The van der Waals surface area contributed by atoms with E-state index in [0.717, 1.165) is 6.20 Å². The van der Waals surface area contributed by atoms with Crippen molar-refractivity contribution in [2.75, 3.05) is 6.61 Å². The number of fused-ring (bicyclic) bond motifs is 1. The maximum atomic E-state index is 11.7. The highest BCUT2D eigenvalue weighted by atomic mass is 32.3. The van der Waals surface area contributed by atoms with Crippen LogP contribution in [0.2, 0.25) is 0 Å². The first-order valence-corrected chi connectivity index (χ1v) is 12.7. The molecule has 0 unspecified atom stereocenters. The molecular formula is C16H19N2O12S3-. The molecule has 0 aliphatic carbocycles. The summed E-state index contributed by atoms with van der Waals surface area (Å²) in [6, 6.07) is 5.99. The van der Waals surface area contributed by atoms with Gasteiger partial charge in [-0.2, -0.15) is 16.8 Å². The van der Waals surface area contributed by atoms with E-state index < -0.39 is 57.2 Å². The standard InChI is InChI=1S/C16H20N2O12S3/c19-7-11-13(20)14(21)15(22)16(29-11)31-12(17-30-33(26,27)28)5-8-6-18(32(23,24)25)10-4-2-1-3-9(8)10/h1-4,6,11,13-16,19-22H,5,7H2,(H,23,24,25)(H,26,27,28)/p-1/b17-12-/t11-,13-,14+,15-,16+/m1/s1. The lowest BCUT2D eigenvalue weighted by atomic mass is 10.0. The molecule has 0 amide bonds. The van der Waals surface area contributed by atoms with Crippen molar-refractivity contribution in [1.29, 1.82) is 0 Å². The summed E-state index contributed by atoms with van der Waals surface area (Å²) in [7, 11) is -9.99. The lowest BCUT2D eigenvalue weighted by molar-refractivity contribution is -0.205. The van der Waals surface area contributed by atoms with Crippen LogP contribution in [-0.2, 0) is 36.1 Å². The summed E-state index contributed by atoms with van der Waals surface area (Å²) >= 11 is 0.506. The van der Waals surface area contributed by atoms with E-state index in [9.17, 15) is 46.4 Å². The molecule has 2 heterocycles. The Morgan fingerprint density at radius 2 is 1.82 bits per heavy atom. The zero-order valence-electron chi connectivity index (χ0n) is 16.4. The molecule has 5 N–H and O–H groups in total. The minimum atomic E-state index is -5.29. The van der Waals surface area contributed by atoms with Crippen LogP contribution < -0.4 is 0 Å². The molecule has 1 aliphatic heterocycles. The van der Waals surface area contributed by atoms with E-state index >= 15 is 0 Å². The van der Waals surface area contributed by atoms with E-state index in [2.05, 4.69) is 9.44 Å². The van der Waals surface area contributed by atoms with Crippen LogP contribution in [0.4, 0.5) is 0 Å². The van der Waals surface area contributed by atoms with Crippen molar-refractivity contribution in [2.45, 2.75) is 36.3 Å². The summed E-state index contributed by atoms with van der Waals surface area (Å²) < 4.78 is 75.4. The summed E-state index contributed by atoms with van der Waals surface area (Å²) in [6.07, 6.45) is -5.70. The minimum Gasteiger partial charge on any atom is -0.714 e. The fraction of sp³-hybridized carbons (Fsp3) is 0.438. The van der Waals surface area contributed by atoms with Crippen molar-refractivity contribution >= 4 is 48.4 Å². The molecule has 1 fully saturated rings. The van der Waals surface area contributed by atoms with Gasteiger partial charge in [0.15, 0.2) is 0 Å². The van der Waals surface area contributed by atoms with Gasteiger partial charge in [0, 0.05) is 18.0 Å². The minimum absolute atomic E-state index is 0.0876. The van der Waals surface area contributed by atoms with Crippen molar-refractivity contribution in [2.24, 2.45) is 5.16 Å². The van der Waals surface area contributed by atoms with Crippen LogP contribution in [0.1, 0.15) is 5.56 Å². The number of thioether (sulfide) groups is 1. The second-order valence-corrected chi connectivity index (χ2v) is 10.3. The van der Waals surface area contributed by atoms with Crippen LogP contribution in [0.25, 0.3) is 10.9 Å². The molecular weight excluding hydrogens is 508 g/mol. The van der Waals surface area contributed by atoms with Gasteiger partial charge in [-0.05, 0) is 11.6 Å². The SMILES string of the molecule is O=S(=O)([O-])O/N=C(/Cc1cn(S(=O)(=O)O)c2ccccc12)S[C@@H]1O[C@H](CO)[C@@H](O)[C@H](O)[C@H]1O. The predicted molar refractivity (Wildman–Crippen MR) is 112 cm³/mol. The Morgan fingerprint density at radius 1 is 1.15 bits per heavy atom. The molecule has 2 aromatic rings. The lowest BCUT2D eigenvalue weighted by Crippen LogP contribution is -2.57. The van der Waals surface area contributed by atoms with E-state index in [1.54, 1.807) is 6.07 Å². The second kappa shape index (κ2) is 9.82. The molecule has 0 bridgehead atoms. The molecule has 1 aromatic heterocycles. The summed E-state index contributed by atoms with van der Waals surface area (Å²) in [6.45, 7) is -0.720. The maximum Gasteiger partial charge on any atom is 0.363 e. The van der Waals surface area contributed by atoms with Gasteiger partial charge in [-0.15, -0.1) is 0 Å². The third-order valence-corrected chi connectivity index (χ3v) is 6.85. The van der Waals surface area contributed by atoms with Gasteiger partial charge >= 0.3 is 10.3 Å². The van der Waals surface area contributed by atoms with E-state index in [-0.39, 0.29) is 22.5 Å². The van der Waals surface area contributed by atoms with Crippen molar-refractivity contribution < 1.29 is 55.4 Å². The van der Waals surface area contributed by atoms with Gasteiger partial charge in [0.25, 0.3) is 10.4 Å². The van der Waals surface area contributed by atoms with Gasteiger partial charge in [-0.25, -0.2) is 3.97 Å². The number of rotatable bonds is 7. The number of aliphatic hydroxyl groups is 4. The van der Waals surface area contributed by atoms with Crippen molar-refractivity contribution in [3.8, 4) is 0 Å². The number of ether oxygens (including phenoxy) is 1. The second-order valence-electron chi connectivity index (χ2n) is 6.90. The van der Waals surface area contributed by atoms with E-state index in [1.165, 1.54) is 18.2 Å². The number of oxime groups is 1. The zero-order valence-corrected chi connectivity index (χ0v) is 18.9. The van der Waals surface area contributed by atoms with Gasteiger partial charge in [-0.1, -0.05) is 35.1 Å². The normalized spacial score (nSPS) is 27.1. The number of nitrogens with zero attached hydrogens (tertiary/aromatic N) is 2. The number of hydrogen-bond donors (Lipinski definition) is 5. The summed E-state index contributed by atoms with van der Waals surface area (Å²) in [5.74, 6) is 0. The first kappa shape index (κ1) is 25.8. The number of aromatic nitrogens is 1. The van der Waals surface area contributed by atoms with Gasteiger partial charge in [0.1, 0.15) is 34.9 Å². The molecule has 0 radical (unpaired) electrons. The molecule has 1 aromatic carbocycles. The van der Waals surface area contributed by atoms with Crippen LogP contribution in [0.5, 0.6) is 0 Å². The molecule has 0 saturated carbocycles. The third-order valence-electron chi connectivity index (χ3n) is 4.68. The molecule has 1 saturated heterocycles. The Kier molecular flexibility index (Phi) is 7.68. The number of hydrogen-bond acceptors (Lipinski definition) is 13. The Balaban J connectivity index is 1.98. The van der Waals surface area contributed by atoms with Crippen molar-refractivity contribution in [1.82, 2.24) is 3.97 Å². The van der Waals surface area contributed by atoms with Crippen LogP contribution in [-0.4, -0.2) is 91.8 Å². The van der Waals surface area contributed by atoms with Gasteiger partial charge in [-0.3, -0.25) is 8.84 Å². The Bertz CT molecular complexity index is 1240. The van der Waals surface area contributed by atoms with Crippen LogP contribution in [0.15, 0.2) is 35.6 Å². The predicted octanol–water partition coefficient (Wildman–Crippen LogP) is -1.84. The Labute approximate surface area is 191 Å². The zero-order chi connectivity index (χ0) is 24.6. The lowest BCUT2D eigenvalue weighted by Gasteiger charge is -2.39. The van der Waals surface area contributed by atoms with E-state index in [4.69, 9.17) is 4.74 Å². The average molecular weight is 528 g/mol. The maximum absolute atomic E-state index is 11.7. The molecule has 33 heavy (non-hydrogen) atoms. The molecule has 3 rings (SSSR count). The van der Waals surface area contributed by atoms with Crippen LogP contribution in [0, 0.1) is 0 Å². The average Bonchev–Trinajstić information content (AvgIpc) is 3.11. The van der Waals surface area contributed by atoms with Crippen LogP contribution in [0.3, 0.4) is 0 Å². The summed E-state index contributed by atoms with van der Waals surface area (Å²) in [5, 5.41) is 42.6. The van der Waals surface area contributed by atoms with Crippen molar-refractivity contribution in [3.63, 3.8) is 0 Å². The Morgan fingerprint density at radius 3 is 2.42 bits per heavy atom. The number of aliphatic hydroxyl groups excluding tert-OH is 4. The van der Waals surface area contributed by atoms with Crippen LogP contribution >= 0.6 is 11.8 Å². The Hall–Kier alpha value is -1.80. The molecule has 14 nitrogen and oxygen atoms in total. The van der Waals surface area contributed by atoms with E-state index in [0.29, 0.717) is 21.1 Å². The highest BCUT2D eigenvalue weighted by Crippen LogP contribution is 2.32. The van der Waals surface area contributed by atoms with E-state index in [1.807, 2.05) is 0 Å². The topological polar surface area (TPSA) is 228 Å². The smallest absolute Gasteiger partial charge is 0.363 e. The molecule has 1 aliphatic rings. The molecule has 0 spiro atoms. The molecule has 184 valence electrons. The molecule has 5 atom stereocenters. The summed E-state index contributed by atoms with van der Waals surface area (Å²) in [5.41, 5.74) is -1.11. The number of benzene rings is 1. The fourth-order valence-corrected chi connectivity index (χ4v) is 5.18. The quantitative estimate of drug-likeness (QED) is 0.0877. The highest BCUT2D eigenvalue weighted by Gasteiger charge is 2.44.